The van der Waals surface area contributed by atoms with E-state index in [1.54, 1.807) is 0 Å². The summed E-state index contributed by atoms with van der Waals surface area (Å²) in [7, 11) is 0. The van der Waals surface area contributed by atoms with Crippen LogP contribution in [0.25, 0.3) is 0 Å². The molecule has 0 bridgehead atoms. The normalized spacial score (nSPS) is 25.5. The molecule has 1 aromatic heterocycles. The molecule has 1 saturated heterocycles. The van der Waals surface area contributed by atoms with E-state index in [-0.39, 0.29) is 6.10 Å². The van der Waals surface area contributed by atoms with Gasteiger partial charge in [-0.1, -0.05) is 0 Å². The van der Waals surface area contributed by atoms with Gasteiger partial charge in [0.05, 0.1) is 18.9 Å². The van der Waals surface area contributed by atoms with E-state index < -0.39 is 0 Å². The number of ether oxygens (including phenoxy) is 2. The summed E-state index contributed by atoms with van der Waals surface area (Å²) in [6.07, 6.45) is 5.47. The Labute approximate surface area is 101 Å². The van der Waals surface area contributed by atoms with Gasteiger partial charge >= 0.3 is 0 Å². The first kappa shape index (κ1) is 11.0. The molecule has 1 atom stereocenters. The minimum Gasteiger partial charge on any atom is -0.465 e. The van der Waals surface area contributed by atoms with Gasteiger partial charge in [0.25, 0.3) is 6.01 Å². The zero-order chi connectivity index (χ0) is 11.5. The lowest BCUT2D eigenvalue weighted by atomic mass is 10.2. The van der Waals surface area contributed by atoms with Gasteiger partial charge in [-0.2, -0.15) is 4.98 Å². The number of nitrogens with one attached hydrogen (secondary N) is 1. The molecule has 2 aliphatic heterocycles. The fraction of sp³-hybridized carbons (Fsp3) is 0.750. The van der Waals surface area contributed by atoms with Crippen molar-refractivity contribution in [1.82, 2.24) is 14.9 Å². The molecule has 0 saturated carbocycles. The average Bonchev–Trinajstić information content (AvgIpc) is 2.58. The van der Waals surface area contributed by atoms with E-state index in [0.29, 0.717) is 0 Å². The van der Waals surface area contributed by atoms with Crippen LogP contribution in [-0.2, 0) is 11.3 Å². The van der Waals surface area contributed by atoms with Crippen LogP contribution in [-0.4, -0.2) is 35.9 Å². The zero-order valence-corrected chi connectivity index (χ0v) is 10.0. The summed E-state index contributed by atoms with van der Waals surface area (Å²) < 4.78 is 13.6. The largest absolute Gasteiger partial charge is 0.465 e. The van der Waals surface area contributed by atoms with Crippen molar-refractivity contribution in [2.24, 2.45) is 0 Å². The highest BCUT2D eigenvalue weighted by Crippen LogP contribution is 2.25. The molecule has 1 fully saturated rings. The Kier molecular flexibility index (Phi) is 3.29. The van der Waals surface area contributed by atoms with Crippen molar-refractivity contribution < 1.29 is 9.47 Å². The first-order valence-electron chi connectivity index (χ1n) is 6.46. The number of hydrogen-bond acceptors (Lipinski definition) is 4. The molecular weight excluding hydrogens is 218 g/mol. The van der Waals surface area contributed by atoms with Gasteiger partial charge in [-0.15, -0.1) is 0 Å². The van der Waals surface area contributed by atoms with Crippen LogP contribution in [0.2, 0.25) is 0 Å². The lowest BCUT2D eigenvalue weighted by molar-refractivity contribution is 0.0613. The summed E-state index contributed by atoms with van der Waals surface area (Å²) in [5, 5.41) is 3.33. The average molecular weight is 237 g/mol. The maximum Gasteiger partial charge on any atom is 0.296 e. The van der Waals surface area contributed by atoms with E-state index in [2.05, 4.69) is 21.1 Å². The topological polar surface area (TPSA) is 48.3 Å². The summed E-state index contributed by atoms with van der Waals surface area (Å²) >= 11 is 0. The third kappa shape index (κ3) is 2.45. The third-order valence-electron chi connectivity index (χ3n) is 3.29. The second-order valence-corrected chi connectivity index (χ2v) is 4.60. The minimum atomic E-state index is 0.119. The Balaban J connectivity index is 1.78. The van der Waals surface area contributed by atoms with Crippen molar-refractivity contribution >= 4 is 0 Å². The number of hydrogen-bond donors (Lipinski definition) is 1. The van der Waals surface area contributed by atoms with Gasteiger partial charge in [-0.3, -0.25) is 0 Å². The fourth-order valence-corrected chi connectivity index (χ4v) is 2.34. The highest BCUT2D eigenvalue weighted by atomic mass is 16.5. The summed E-state index contributed by atoms with van der Waals surface area (Å²) in [5.74, 6) is 0. The van der Waals surface area contributed by atoms with E-state index >= 15 is 0 Å². The second kappa shape index (κ2) is 5.06. The Morgan fingerprint density at radius 1 is 1.29 bits per heavy atom. The van der Waals surface area contributed by atoms with Gasteiger partial charge in [-0.25, -0.2) is 0 Å². The van der Waals surface area contributed by atoms with Crippen LogP contribution < -0.4 is 10.1 Å². The number of aromatic nitrogens is 2. The highest BCUT2D eigenvalue weighted by molar-refractivity contribution is 5.12. The van der Waals surface area contributed by atoms with Crippen molar-refractivity contribution in [3.8, 4) is 6.01 Å². The summed E-state index contributed by atoms with van der Waals surface area (Å²) in [6.45, 7) is 4.47. The zero-order valence-electron chi connectivity index (χ0n) is 10.0. The van der Waals surface area contributed by atoms with Gasteiger partial charge in [0, 0.05) is 19.3 Å². The number of rotatable bonds is 1. The fourth-order valence-electron chi connectivity index (χ4n) is 2.34. The smallest absolute Gasteiger partial charge is 0.296 e. The van der Waals surface area contributed by atoms with Crippen LogP contribution in [0.4, 0.5) is 0 Å². The summed E-state index contributed by atoms with van der Waals surface area (Å²) in [6, 6.07) is 0.762. The predicted octanol–water partition coefficient (Wildman–Crippen LogP) is 1.11. The number of nitrogens with zero attached hydrogens (tertiary/aromatic N) is 2. The number of fused-ring (bicyclic) bond motifs is 1. The molecule has 3 rings (SSSR count). The molecule has 3 heterocycles. The summed E-state index contributed by atoms with van der Waals surface area (Å²) in [4.78, 5) is 4.56. The van der Waals surface area contributed by atoms with Gasteiger partial charge in [0.1, 0.15) is 6.10 Å². The SMILES string of the molecule is c1c(C2CCNCCO2)nc2n1CCCCO2. The van der Waals surface area contributed by atoms with Crippen LogP contribution in [0.1, 0.15) is 31.1 Å². The second-order valence-electron chi connectivity index (χ2n) is 4.60. The molecule has 1 N–H and O–H groups in total. The molecule has 1 unspecified atom stereocenters. The predicted molar refractivity (Wildman–Crippen MR) is 63.1 cm³/mol. The van der Waals surface area contributed by atoms with Crippen LogP contribution in [0.15, 0.2) is 6.20 Å². The van der Waals surface area contributed by atoms with Crippen LogP contribution in [0.5, 0.6) is 6.01 Å². The molecular formula is C12H19N3O2. The third-order valence-corrected chi connectivity index (χ3v) is 3.29. The van der Waals surface area contributed by atoms with E-state index in [4.69, 9.17) is 9.47 Å². The molecule has 5 nitrogen and oxygen atoms in total. The van der Waals surface area contributed by atoms with E-state index in [1.807, 2.05) is 0 Å². The molecule has 0 aromatic carbocycles. The van der Waals surface area contributed by atoms with E-state index in [1.165, 1.54) is 0 Å². The van der Waals surface area contributed by atoms with Crippen molar-refractivity contribution in [3.63, 3.8) is 0 Å². The Bertz CT molecular complexity index is 346. The standard InChI is InChI=1S/C12H19N3O2/c1-2-7-17-12-14-10(9-15(12)6-1)11-3-4-13-5-8-16-11/h9,11,13H,1-8H2. The van der Waals surface area contributed by atoms with Crippen molar-refractivity contribution in [1.29, 1.82) is 0 Å². The molecule has 1 aromatic rings. The molecule has 0 spiro atoms. The van der Waals surface area contributed by atoms with E-state index in [0.717, 1.165) is 63.8 Å². The molecule has 0 radical (unpaired) electrons. The van der Waals surface area contributed by atoms with E-state index in [9.17, 15) is 0 Å². The monoisotopic (exact) mass is 237 g/mol. The van der Waals surface area contributed by atoms with Crippen molar-refractivity contribution in [2.75, 3.05) is 26.3 Å². The summed E-state index contributed by atoms with van der Waals surface area (Å²) in [5.41, 5.74) is 1.02. The molecule has 0 aliphatic carbocycles. The van der Waals surface area contributed by atoms with Crippen LogP contribution in [0, 0.1) is 0 Å². The Morgan fingerprint density at radius 3 is 3.29 bits per heavy atom. The van der Waals surface area contributed by atoms with Crippen molar-refractivity contribution in [2.45, 2.75) is 31.9 Å². The van der Waals surface area contributed by atoms with Gasteiger partial charge in [-0.05, 0) is 25.8 Å². The number of aryl methyl sites for hydroxylation is 1. The minimum absolute atomic E-state index is 0.119. The van der Waals surface area contributed by atoms with Crippen molar-refractivity contribution in [3.05, 3.63) is 11.9 Å². The first-order valence-corrected chi connectivity index (χ1v) is 6.46. The lowest BCUT2D eigenvalue weighted by Crippen LogP contribution is -2.16. The first-order chi connectivity index (χ1) is 8.43. The quantitative estimate of drug-likeness (QED) is 0.795. The Morgan fingerprint density at radius 2 is 2.29 bits per heavy atom. The molecule has 0 amide bonds. The number of imidazole rings is 1. The maximum absolute atomic E-state index is 5.80. The molecule has 5 heteroatoms. The molecule has 17 heavy (non-hydrogen) atoms. The van der Waals surface area contributed by atoms with Crippen LogP contribution >= 0.6 is 0 Å². The molecule has 2 aliphatic rings. The van der Waals surface area contributed by atoms with Gasteiger partial charge in [0.15, 0.2) is 0 Å². The molecule has 94 valence electrons. The van der Waals surface area contributed by atoms with Gasteiger partial charge in [0.2, 0.25) is 0 Å². The van der Waals surface area contributed by atoms with Gasteiger partial charge < -0.3 is 19.4 Å². The Hall–Kier alpha value is -1.07. The maximum atomic E-state index is 5.80. The lowest BCUT2D eigenvalue weighted by Gasteiger charge is -2.11. The highest BCUT2D eigenvalue weighted by Gasteiger charge is 2.21. The van der Waals surface area contributed by atoms with Crippen LogP contribution in [0.3, 0.4) is 0 Å².